The zero-order valence-electron chi connectivity index (χ0n) is 10.2. The summed E-state index contributed by atoms with van der Waals surface area (Å²) in [5.74, 6) is -1.69. The number of alkyl halides is 3. The van der Waals surface area contributed by atoms with Gasteiger partial charge in [0.1, 0.15) is 5.75 Å². The smallest absolute Gasteiger partial charge is 0.392 e. The van der Waals surface area contributed by atoms with Gasteiger partial charge in [0.15, 0.2) is 0 Å². The highest BCUT2D eigenvalue weighted by molar-refractivity contribution is 5.89. The zero-order valence-corrected chi connectivity index (χ0v) is 10.2. The van der Waals surface area contributed by atoms with Crippen LogP contribution in [0.4, 0.5) is 18.9 Å². The number of ether oxygens (including phenoxy) is 1. The van der Waals surface area contributed by atoms with Crippen LogP contribution in [0.5, 0.6) is 5.75 Å². The minimum atomic E-state index is -4.43. The van der Waals surface area contributed by atoms with E-state index in [0.29, 0.717) is 0 Å². The highest BCUT2D eigenvalue weighted by Crippen LogP contribution is 2.30. The van der Waals surface area contributed by atoms with Crippen molar-refractivity contribution in [2.75, 3.05) is 6.61 Å². The number of carboxylic acid groups (broad SMARTS) is 1. The summed E-state index contributed by atoms with van der Waals surface area (Å²) in [6.07, 6.45) is -5.66. The first kappa shape index (κ1) is 15.7. The fourth-order valence-electron chi connectivity index (χ4n) is 1.41. The first-order valence-corrected chi connectivity index (χ1v) is 5.33. The molecule has 1 aromatic rings. The molecule has 0 heterocycles. The molecule has 0 fully saturated rings. The molecule has 0 saturated carbocycles. The van der Waals surface area contributed by atoms with Gasteiger partial charge in [-0.2, -0.15) is 13.2 Å². The van der Waals surface area contributed by atoms with Crippen molar-refractivity contribution in [2.45, 2.75) is 19.5 Å². The maximum absolute atomic E-state index is 12.0. The van der Waals surface area contributed by atoms with Gasteiger partial charge in [0.25, 0.3) is 5.69 Å². The molecule has 0 aliphatic heterocycles. The number of carboxylic acids is 1. The van der Waals surface area contributed by atoms with Crippen molar-refractivity contribution in [1.29, 1.82) is 0 Å². The van der Waals surface area contributed by atoms with E-state index in [1.54, 1.807) is 0 Å². The van der Waals surface area contributed by atoms with Crippen LogP contribution in [0, 0.1) is 17.0 Å². The molecule has 9 heteroatoms. The lowest BCUT2D eigenvalue weighted by molar-refractivity contribution is -0.385. The van der Waals surface area contributed by atoms with Gasteiger partial charge >= 0.3 is 12.1 Å². The van der Waals surface area contributed by atoms with Crippen molar-refractivity contribution in [3.63, 3.8) is 0 Å². The molecule has 0 radical (unpaired) electrons. The normalized spacial score (nSPS) is 11.2. The summed E-state index contributed by atoms with van der Waals surface area (Å²) in [5, 5.41) is 19.6. The number of benzene rings is 1. The van der Waals surface area contributed by atoms with Crippen LogP contribution in [0.25, 0.3) is 0 Å². The Kier molecular flexibility index (Phi) is 4.53. The lowest BCUT2D eigenvalue weighted by Crippen LogP contribution is -2.14. The van der Waals surface area contributed by atoms with Gasteiger partial charge in [-0.15, -0.1) is 0 Å². The van der Waals surface area contributed by atoms with Crippen molar-refractivity contribution in [3.8, 4) is 5.75 Å². The van der Waals surface area contributed by atoms with Crippen molar-refractivity contribution >= 4 is 11.7 Å². The minimum Gasteiger partial charge on any atom is -0.493 e. The van der Waals surface area contributed by atoms with E-state index in [2.05, 4.69) is 0 Å². The molecule has 0 unspecified atom stereocenters. The average Bonchev–Trinajstić information content (AvgIpc) is 2.28. The molecule has 1 N–H and O–H groups in total. The van der Waals surface area contributed by atoms with E-state index in [9.17, 15) is 28.1 Å². The number of aromatic carboxylic acids is 1. The maximum atomic E-state index is 12.0. The van der Waals surface area contributed by atoms with E-state index in [4.69, 9.17) is 9.84 Å². The fraction of sp³-hybridized carbons (Fsp3) is 0.364. The van der Waals surface area contributed by atoms with E-state index < -0.39 is 41.3 Å². The first-order valence-electron chi connectivity index (χ1n) is 5.33. The van der Waals surface area contributed by atoms with E-state index >= 15 is 0 Å². The third-order valence-corrected chi connectivity index (χ3v) is 2.42. The molecule has 0 spiro atoms. The molecule has 0 atom stereocenters. The second kappa shape index (κ2) is 5.76. The summed E-state index contributed by atoms with van der Waals surface area (Å²) in [4.78, 5) is 20.8. The Bertz CT molecular complexity index is 542. The molecule has 6 nitrogen and oxygen atoms in total. The van der Waals surface area contributed by atoms with Gasteiger partial charge in [0.2, 0.25) is 0 Å². The van der Waals surface area contributed by atoms with E-state index in [1.807, 2.05) is 0 Å². The molecular formula is C11H10F3NO5. The third-order valence-electron chi connectivity index (χ3n) is 2.42. The molecule has 0 aliphatic rings. The number of hydrogen-bond donors (Lipinski definition) is 1. The van der Waals surface area contributed by atoms with E-state index in [-0.39, 0.29) is 11.3 Å². The average molecular weight is 293 g/mol. The molecule has 0 aromatic heterocycles. The molecule has 20 heavy (non-hydrogen) atoms. The van der Waals surface area contributed by atoms with Crippen molar-refractivity contribution in [2.24, 2.45) is 0 Å². The van der Waals surface area contributed by atoms with Crippen LogP contribution < -0.4 is 4.74 Å². The maximum Gasteiger partial charge on any atom is 0.392 e. The van der Waals surface area contributed by atoms with Gasteiger partial charge in [-0.05, 0) is 13.0 Å². The fourth-order valence-corrected chi connectivity index (χ4v) is 1.41. The van der Waals surface area contributed by atoms with Gasteiger partial charge in [0, 0.05) is 6.07 Å². The largest absolute Gasteiger partial charge is 0.493 e. The highest BCUT2D eigenvalue weighted by Gasteiger charge is 2.27. The van der Waals surface area contributed by atoms with Crippen LogP contribution in [0.3, 0.4) is 0 Å². The predicted octanol–water partition coefficient (Wildman–Crippen LogP) is 2.93. The molecule has 110 valence electrons. The Morgan fingerprint density at radius 2 is 2.05 bits per heavy atom. The second-order valence-electron chi connectivity index (χ2n) is 3.89. The van der Waals surface area contributed by atoms with Crippen LogP contribution >= 0.6 is 0 Å². The summed E-state index contributed by atoms with van der Waals surface area (Å²) in [5.41, 5.74) is -0.974. The first-order chi connectivity index (χ1) is 9.11. The summed E-state index contributed by atoms with van der Waals surface area (Å²) < 4.78 is 40.8. The van der Waals surface area contributed by atoms with Crippen LogP contribution in [0.2, 0.25) is 0 Å². The third kappa shape index (κ3) is 4.11. The van der Waals surface area contributed by atoms with Crippen LogP contribution in [-0.2, 0) is 0 Å². The quantitative estimate of drug-likeness (QED) is 0.666. The summed E-state index contributed by atoms with van der Waals surface area (Å²) in [6, 6.07) is 1.79. The van der Waals surface area contributed by atoms with Crippen LogP contribution in [0.15, 0.2) is 12.1 Å². The van der Waals surface area contributed by atoms with E-state index in [0.717, 1.165) is 12.1 Å². The number of nitro groups is 1. The number of nitro benzene ring substituents is 1. The number of halogens is 3. The standard InChI is InChI=1S/C11H10F3NO5/c1-6-8(15(18)19)4-7(10(16)17)5-9(6)20-3-2-11(12,13)14/h4-5H,2-3H2,1H3,(H,16,17). The predicted molar refractivity (Wildman–Crippen MR) is 61.0 cm³/mol. The Morgan fingerprint density at radius 1 is 1.45 bits per heavy atom. The zero-order chi connectivity index (χ0) is 15.5. The van der Waals surface area contributed by atoms with Gasteiger partial charge < -0.3 is 9.84 Å². The molecule has 0 aliphatic carbocycles. The number of carbonyl (C=O) groups is 1. The molecule has 1 rings (SSSR count). The molecule has 0 saturated heterocycles. The number of nitrogens with zero attached hydrogens (tertiary/aromatic N) is 1. The lowest BCUT2D eigenvalue weighted by Gasteiger charge is -2.11. The number of hydrogen-bond acceptors (Lipinski definition) is 4. The van der Waals surface area contributed by atoms with Crippen molar-refractivity contribution in [3.05, 3.63) is 33.4 Å². The van der Waals surface area contributed by atoms with Gasteiger partial charge in [-0.1, -0.05) is 0 Å². The van der Waals surface area contributed by atoms with Gasteiger partial charge in [-0.3, -0.25) is 10.1 Å². The Morgan fingerprint density at radius 3 is 2.50 bits per heavy atom. The summed E-state index contributed by atoms with van der Waals surface area (Å²) in [7, 11) is 0. The Balaban J connectivity index is 3.05. The molecule has 1 aromatic carbocycles. The Labute approximate surface area is 110 Å². The van der Waals surface area contributed by atoms with E-state index in [1.165, 1.54) is 6.92 Å². The minimum absolute atomic E-state index is 0.0258. The summed E-state index contributed by atoms with van der Waals surface area (Å²) >= 11 is 0. The lowest BCUT2D eigenvalue weighted by atomic mass is 10.1. The molecule has 0 bridgehead atoms. The molecule has 0 amide bonds. The number of rotatable bonds is 5. The summed E-state index contributed by atoms with van der Waals surface area (Å²) in [6.45, 7) is 0.525. The van der Waals surface area contributed by atoms with Crippen molar-refractivity contribution < 1.29 is 32.7 Å². The van der Waals surface area contributed by atoms with Crippen LogP contribution in [0.1, 0.15) is 22.3 Å². The van der Waals surface area contributed by atoms with Gasteiger partial charge in [0.05, 0.1) is 29.1 Å². The molecular weight excluding hydrogens is 283 g/mol. The van der Waals surface area contributed by atoms with Crippen molar-refractivity contribution in [1.82, 2.24) is 0 Å². The monoisotopic (exact) mass is 293 g/mol. The Hall–Kier alpha value is -2.32. The second-order valence-corrected chi connectivity index (χ2v) is 3.89. The van der Waals surface area contributed by atoms with Crippen LogP contribution in [-0.4, -0.2) is 28.8 Å². The highest BCUT2D eigenvalue weighted by atomic mass is 19.4. The topological polar surface area (TPSA) is 89.7 Å². The van der Waals surface area contributed by atoms with Gasteiger partial charge in [-0.25, -0.2) is 4.79 Å². The SMILES string of the molecule is Cc1c(OCCC(F)(F)F)cc(C(=O)O)cc1[N+](=O)[O-].